The predicted molar refractivity (Wildman–Crippen MR) is 64.8 cm³/mol. The highest BCUT2D eigenvalue weighted by atomic mass is 19.1. The lowest BCUT2D eigenvalue weighted by atomic mass is 10.1. The van der Waals surface area contributed by atoms with E-state index in [1.807, 2.05) is 6.07 Å². The summed E-state index contributed by atoms with van der Waals surface area (Å²) in [5.41, 5.74) is 0.719. The van der Waals surface area contributed by atoms with Crippen LogP contribution in [-0.4, -0.2) is 6.04 Å². The van der Waals surface area contributed by atoms with Gasteiger partial charge in [-0.2, -0.15) is 5.26 Å². The molecular weight excluding hydrogens is 215 g/mol. The number of rotatable bonds is 5. The monoisotopic (exact) mass is 232 g/mol. The predicted octanol–water partition coefficient (Wildman–Crippen LogP) is 2.98. The van der Waals surface area contributed by atoms with Crippen molar-refractivity contribution in [1.82, 2.24) is 5.32 Å². The molecule has 0 amide bonds. The Morgan fingerprint density at radius 1 is 1.53 bits per heavy atom. The number of nitrogens with zero attached hydrogens (tertiary/aromatic N) is 1. The SMILES string of the molecule is CCCC1CC1NCc1cccc(C#N)c1F. The molecule has 1 aliphatic carbocycles. The molecule has 2 nitrogen and oxygen atoms in total. The zero-order valence-corrected chi connectivity index (χ0v) is 10.0. The van der Waals surface area contributed by atoms with Gasteiger partial charge in [0.25, 0.3) is 0 Å². The number of halogens is 1. The molecule has 1 aliphatic rings. The van der Waals surface area contributed by atoms with Gasteiger partial charge in [0.05, 0.1) is 5.56 Å². The molecular formula is C14H17FN2. The molecule has 2 atom stereocenters. The van der Waals surface area contributed by atoms with E-state index in [2.05, 4.69) is 12.2 Å². The molecule has 2 unspecified atom stereocenters. The molecule has 1 saturated carbocycles. The van der Waals surface area contributed by atoms with Crippen molar-refractivity contribution in [2.75, 3.05) is 0 Å². The van der Waals surface area contributed by atoms with Crippen LogP contribution in [0, 0.1) is 23.1 Å². The van der Waals surface area contributed by atoms with Gasteiger partial charge in [-0.25, -0.2) is 4.39 Å². The van der Waals surface area contributed by atoms with Gasteiger partial charge < -0.3 is 5.32 Å². The fourth-order valence-corrected chi connectivity index (χ4v) is 2.23. The minimum Gasteiger partial charge on any atom is -0.310 e. The molecule has 2 rings (SSSR count). The van der Waals surface area contributed by atoms with Crippen LogP contribution >= 0.6 is 0 Å². The number of hydrogen-bond acceptors (Lipinski definition) is 2. The second-order valence-electron chi connectivity index (χ2n) is 4.66. The van der Waals surface area contributed by atoms with Gasteiger partial charge in [-0.05, 0) is 24.8 Å². The Hall–Kier alpha value is -1.40. The highest BCUT2D eigenvalue weighted by Gasteiger charge is 2.35. The van der Waals surface area contributed by atoms with E-state index in [0.29, 0.717) is 18.2 Å². The van der Waals surface area contributed by atoms with Crippen molar-refractivity contribution in [3.05, 3.63) is 35.1 Å². The lowest BCUT2D eigenvalue weighted by molar-refractivity contribution is 0.563. The van der Waals surface area contributed by atoms with Gasteiger partial charge in [0.15, 0.2) is 0 Å². The molecule has 1 aromatic carbocycles. The summed E-state index contributed by atoms with van der Waals surface area (Å²) in [5, 5.41) is 12.1. The van der Waals surface area contributed by atoms with E-state index >= 15 is 0 Å². The zero-order chi connectivity index (χ0) is 12.3. The lowest BCUT2D eigenvalue weighted by Gasteiger charge is -2.06. The van der Waals surface area contributed by atoms with E-state index in [-0.39, 0.29) is 11.4 Å². The molecule has 1 aromatic rings. The number of nitrogens with one attached hydrogen (secondary N) is 1. The molecule has 1 fully saturated rings. The van der Waals surface area contributed by atoms with Gasteiger partial charge in [-0.15, -0.1) is 0 Å². The second kappa shape index (κ2) is 5.29. The van der Waals surface area contributed by atoms with E-state index in [1.165, 1.54) is 25.3 Å². The quantitative estimate of drug-likeness (QED) is 0.847. The molecule has 0 saturated heterocycles. The summed E-state index contributed by atoms with van der Waals surface area (Å²) < 4.78 is 13.7. The van der Waals surface area contributed by atoms with Crippen molar-refractivity contribution >= 4 is 0 Å². The van der Waals surface area contributed by atoms with Crippen LogP contribution in [0.4, 0.5) is 4.39 Å². The smallest absolute Gasteiger partial charge is 0.145 e. The Balaban J connectivity index is 1.90. The first-order chi connectivity index (χ1) is 8.26. The lowest BCUT2D eigenvalue weighted by Crippen LogP contribution is -2.18. The maximum Gasteiger partial charge on any atom is 0.145 e. The number of nitriles is 1. The standard InChI is InChI=1S/C14H17FN2/c1-2-4-10-7-13(10)17-9-12-6-3-5-11(8-16)14(12)15/h3,5-6,10,13,17H,2,4,7,9H2,1H3. The van der Waals surface area contributed by atoms with E-state index in [4.69, 9.17) is 5.26 Å². The first-order valence-corrected chi connectivity index (χ1v) is 6.17. The summed E-state index contributed by atoms with van der Waals surface area (Å²) in [5.74, 6) is 0.386. The van der Waals surface area contributed by atoms with Gasteiger partial charge >= 0.3 is 0 Å². The molecule has 0 aliphatic heterocycles. The Bertz CT molecular complexity index is 436. The van der Waals surface area contributed by atoms with E-state index < -0.39 is 0 Å². The van der Waals surface area contributed by atoms with Crippen molar-refractivity contribution < 1.29 is 4.39 Å². The van der Waals surface area contributed by atoms with Gasteiger partial charge in [0.2, 0.25) is 0 Å². The molecule has 17 heavy (non-hydrogen) atoms. The van der Waals surface area contributed by atoms with Crippen LogP contribution in [0.5, 0.6) is 0 Å². The van der Waals surface area contributed by atoms with Gasteiger partial charge in [0.1, 0.15) is 11.9 Å². The Morgan fingerprint density at radius 2 is 2.35 bits per heavy atom. The van der Waals surface area contributed by atoms with Crippen molar-refractivity contribution in [3.8, 4) is 6.07 Å². The van der Waals surface area contributed by atoms with Crippen molar-refractivity contribution in [2.45, 2.75) is 38.8 Å². The van der Waals surface area contributed by atoms with E-state index in [9.17, 15) is 4.39 Å². The average Bonchev–Trinajstić information content (AvgIpc) is 3.07. The summed E-state index contributed by atoms with van der Waals surface area (Å²) in [6.07, 6.45) is 3.66. The van der Waals surface area contributed by atoms with Crippen LogP contribution < -0.4 is 5.32 Å². The van der Waals surface area contributed by atoms with Crippen LogP contribution in [0.1, 0.15) is 37.3 Å². The highest BCUT2D eigenvalue weighted by Crippen LogP contribution is 2.34. The summed E-state index contributed by atoms with van der Waals surface area (Å²) in [4.78, 5) is 0. The minimum absolute atomic E-state index is 0.130. The van der Waals surface area contributed by atoms with Crippen LogP contribution in [0.25, 0.3) is 0 Å². The first kappa shape index (κ1) is 12.1. The maximum absolute atomic E-state index is 13.7. The van der Waals surface area contributed by atoms with Crippen molar-refractivity contribution in [3.63, 3.8) is 0 Å². The number of hydrogen-bond donors (Lipinski definition) is 1. The molecule has 1 N–H and O–H groups in total. The van der Waals surface area contributed by atoms with Gasteiger partial charge in [-0.3, -0.25) is 0 Å². The molecule has 0 heterocycles. The van der Waals surface area contributed by atoms with E-state index in [0.717, 1.165) is 5.92 Å². The highest BCUT2D eigenvalue weighted by molar-refractivity contribution is 5.34. The molecule has 0 radical (unpaired) electrons. The van der Waals surface area contributed by atoms with Gasteiger partial charge in [0, 0.05) is 18.2 Å². The fourth-order valence-electron chi connectivity index (χ4n) is 2.23. The summed E-state index contributed by atoms with van der Waals surface area (Å²) in [6, 6.07) is 7.38. The zero-order valence-electron chi connectivity index (χ0n) is 10.0. The molecule has 90 valence electrons. The largest absolute Gasteiger partial charge is 0.310 e. The first-order valence-electron chi connectivity index (χ1n) is 6.17. The molecule has 0 bridgehead atoms. The van der Waals surface area contributed by atoms with Crippen LogP contribution in [-0.2, 0) is 6.54 Å². The summed E-state index contributed by atoms with van der Waals surface area (Å²) >= 11 is 0. The van der Waals surface area contributed by atoms with Crippen LogP contribution in [0.15, 0.2) is 18.2 Å². The van der Waals surface area contributed by atoms with Crippen LogP contribution in [0.3, 0.4) is 0 Å². The summed E-state index contributed by atoms with van der Waals surface area (Å²) in [6.45, 7) is 2.71. The third kappa shape index (κ3) is 2.83. The Labute approximate surface area is 101 Å². The Kier molecular flexibility index (Phi) is 3.75. The van der Waals surface area contributed by atoms with Gasteiger partial charge in [-0.1, -0.05) is 25.5 Å². The molecule has 0 spiro atoms. The topological polar surface area (TPSA) is 35.8 Å². The third-order valence-corrected chi connectivity index (χ3v) is 3.34. The second-order valence-corrected chi connectivity index (χ2v) is 4.66. The third-order valence-electron chi connectivity index (χ3n) is 3.34. The van der Waals surface area contributed by atoms with Crippen molar-refractivity contribution in [1.29, 1.82) is 5.26 Å². The maximum atomic E-state index is 13.7. The minimum atomic E-state index is -0.379. The van der Waals surface area contributed by atoms with Crippen molar-refractivity contribution in [2.24, 2.45) is 5.92 Å². The molecule has 0 aromatic heterocycles. The molecule has 3 heteroatoms. The van der Waals surface area contributed by atoms with Crippen LogP contribution in [0.2, 0.25) is 0 Å². The average molecular weight is 232 g/mol. The fraction of sp³-hybridized carbons (Fsp3) is 0.500. The Morgan fingerprint density at radius 3 is 3.06 bits per heavy atom. The normalized spacial score (nSPS) is 22.2. The summed E-state index contributed by atoms with van der Waals surface area (Å²) in [7, 11) is 0. The van der Waals surface area contributed by atoms with E-state index in [1.54, 1.807) is 12.1 Å². The number of benzene rings is 1.